The van der Waals surface area contributed by atoms with Crippen molar-refractivity contribution >= 4 is 5.96 Å². The molecular weight excluding hydrogens is 202 g/mol. The lowest BCUT2D eigenvalue weighted by atomic mass is 10.1. The molecule has 0 bridgehead atoms. The molecule has 0 aromatic heterocycles. The molecule has 0 amide bonds. The van der Waals surface area contributed by atoms with Gasteiger partial charge in [-0.05, 0) is 25.7 Å². The number of guanidine groups is 1. The maximum atomic E-state index is 9.66. The van der Waals surface area contributed by atoms with Gasteiger partial charge in [0, 0.05) is 18.5 Å². The first kappa shape index (κ1) is 11.7. The molecule has 0 saturated heterocycles. The summed E-state index contributed by atoms with van der Waals surface area (Å²) in [6.45, 7) is 0.673. The third-order valence-electron chi connectivity index (χ3n) is 3.82. The van der Waals surface area contributed by atoms with Crippen LogP contribution in [0.5, 0.6) is 0 Å². The minimum atomic E-state index is -0.164. The van der Waals surface area contributed by atoms with Gasteiger partial charge in [0.05, 0.1) is 6.10 Å². The largest absolute Gasteiger partial charge is 0.393 e. The van der Waals surface area contributed by atoms with Crippen LogP contribution in [0.4, 0.5) is 0 Å². The zero-order valence-electron chi connectivity index (χ0n) is 9.86. The number of aliphatic hydroxyl groups excluding tert-OH is 1. The number of nitrogens with two attached hydrogens (primary N) is 1. The molecule has 0 heterocycles. The molecule has 4 nitrogen and oxygen atoms in total. The van der Waals surface area contributed by atoms with E-state index in [2.05, 4.69) is 10.3 Å². The van der Waals surface area contributed by atoms with Crippen molar-refractivity contribution in [2.45, 2.75) is 57.1 Å². The van der Waals surface area contributed by atoms with Gasteiger partial charge in [-0.3, -0.25) is 4.99 Å². The summed E-state index contributed by atoms with van der Waals surface area (Å²) in [5, 5.41) is 12.9. The Bertz CT molecular complexity index is 249. The number of aliphatic hydroxyl groups is 1. The van der Waals surface area contributed by atoms with Crippen LogP contribution in [-0.4, -0.2) is 29.8 Å². The molecular formula is C12H23N3O. The third kappa shape index (κ3) is 3.11. The van der Waals surface area contributed by atoms with Gasteiger partial charge in [0.2, 0.25) is 0 Å². The molecule has 0 aromatic carbocycles. The van der Waals surface area contributed by atoms with E-state index in [1.165, 1.54) is 25.7 Å². The molecule has 2 fully saturated rings. The number of rotatable bonds is 3. The highest BCUT2D eigenvalue weighted by molar-refractivity contribution is 5.78. The summed E-state index contributed by atoms with van der Waals surface area (Å²) >= 11 is 0. The lowest BCUT2D eigenvalue weighted by molar-refractivity contribution is 0.136. The van der Waals surface area contributed by atoms with Crippen LogP contribution in [0, 0.1) is 5.92 Å². The van der Waals surface area contributed by atoms with E-state index >= 15 is 0 Å². The summed E-state index contributed by atoms with van der Waals surface area (Å²) in [5.74, 6) is 0.884. The SMILES string of the molecule is NC(=NCC1CCCC1O)NC1CCCC1. The Kier molecular flexibility index (Phi) is 4.04. The summed E-state index contributed by atoms with van der Waals surface area (Å²) in [6.07, 6.45) is 7.99. The van der Waals surface area contributed by atoms with Crippen LogP contribution in [0.15, 0.2) is 4.99 Å². The van der Waals surface area contributed by atoms with Gasteiger partial charge >= 0.3 is 0 Å². The number of hydrogen-bond donors (Lipinski definition) is 3. The lowest BCUT2D eigenvalue weighted by Gasteiger charge is -2.14. The topological polar surface area (TPSA) is 70.6 Å². The Balaban J connectivity index is 1.73. The van der Waals surface area contributed by atoms with Gasteiger partial charge in [-0.2, -0.15) is 0 Å². The summed E-state index contributed by atoms with van der Waals surface area (Å²) in [7, 11) is 0. The molecule has 0 aliphatic heterocycles. The van der Waals surface area contributed by atoms with Crippen LogP contribution in [-0.2, 0) is 0 Å². The molecule has 2 unspecified atom stereocenters. The number of nitrogens with one attached hydrogen (secondary N) is 1. The molecule has 4 N–H and O–H groups in total. The Morgan fingerprint density at radius 2 is 1.94 bits per heavy atom. The zero-order valence-corrected chi connectivity index (χ0v) is 9.86. The first-order valence-corrected chi connectivity index (χ1v) is 6.50. The highest BCUT2D eigenvalue weighted by atomic mass is 16.3. The van der Waals surface area contributed by atoms with E-state index in [1.54, 1.807) is 0 Å². The predicted molar refractivity (Wildman–Crippen MR) is 65.2 cm³/mol. The van der Waals surface area contributed by atoms with Crippen LogP contribution in [0.25, 0.3) is 0 Å². The zero-order chi connectivity index (χ0) is 11.4. The van der Waals surface area contributed by atoms with Crippen molar-refractivity contribution < 1.29 is 5.11 Å². The van der Waals surface area contributed by atoms with Gasteiger partial charge in [-0.25, -0.2) is 0 Å². The summed E-state index contributed by atoms with van der Waals surface area (Å²) in [5.41, 5.74) is 5.83. The van der Waals surface area contributed by atoms with Crippen LogP contribution < -0.4 is 11.1 Å². The average molecular weight is 225 g/mol. The number of nitrogens with zero attached hydrogens (tertiary/aromatic N) is 1. The summed E-state index contributed by atoms with van der Waals surface area (Å²) in [4.78, 5) is 4.34. The van der Waals surface area contributed by atoms with E-state index in [0.29, 0.717) is 24.5 Å². The van der Waals surface area contributed by atoms with Crippen molar-refractivity contribution in [1.82, 2.24) is 5.32 Å². The monoisotopic (exact) mass is 225 g/mol. The van der Waals surface area contributed by atoms with E-state index in [-0.39, 0.29) is 6.10 Å². The highest BCUT2D eigenvalue weighted by Gasteiger charge is 2.24. The summed E-state index contributed by atoms with van der Waals surface area (Å²) in [6, 6.07) is 0.525. The molecule has 2 aliphatic carbocycles. The third-order valence-corrected chi connectivity index (χ3v) is 3.82. The summed E-state index contributed by atoms with van der Waals surface area (Å²) < 4.78 is 0. The van der Waals surface area contributed by atoms with Crippen molar-refractivity contribution in [3.05, 3.63) is 0 Å². The van der Waals surface area contributed by atoms with Gasteiger partial charge in [0.15, 0.2) is 5.96 Å². The van der Waals surface area contributed by atoms with Gasteiger partial charge in [-0.15, -0.1) is 0 Å². The van der Waals surface area contributed by atoms with Crippen molar-refractivity contribution in [1.29, 1.82) is 0 Å². The molecule has 4 heteroatoms. The van der Waals surface area contributed by atoms with Gasteiger partial charge in [-0.1, -0.05) is 19.3 Å². The molecule has 0 aromatic rings. The molecule has 0 spiro atoms. The van der Waals surface area contributed by atoms with Gasteiger partial charge in [0.1, 0.15) is 0 Å². The Labute approximate surface area is 97.3 Å². The molecule has 2 rings (SSSR count). The lowest BCUT2D eigenvalue weighted by Crippen LogP contribution is -2.39. The molecule has 2 saturated carbocycles. The van der Waals surface area contributed by atoms with Crippen LogP contribution >= 0.6 is 0 Å². The van der Waals surface area contributed by atoms with Crippen molar-refractivity contribution in [2.24, 2.45) is 16.6 Å². The fraction of sp³-hybridized carbons (Fsp3) is 0.917. The van der Waals surface area contributed by atoms with Crippen LogP contribution in [0.3, 0.4) is 0 Å². The smallest absolute Gasteiger partial charge is 0.188 e. The number of hydrogen-bond acceptors (Lipinski definition) is 2. The number of aliphatic imine (C=N–C) groups is 1. The molecule has 0 radical (unpaired) electrons. The molecule has 2 aliphatic rings. The second-order valence-electron chi connectivity index (χ2n) is 5.11. The van der Waals surface area contributed by atoms with Crippen LogP contribution in [0.1, 0.15) is 44.9 Å². The average Bonchev–Trinajstić information content (AvgIpc) is 2.87. The van der Waals surface area contributed by atoms with E-state index in [9.17, 15) is 5.11 Å². The fourth-order valence-electron chi connectivity index (χ4n) is 2.77. The van der Waals surface area contributed by atoms with Gasteiger partial charge < -0.3 is 16.2 Å². The predicted octanol–water partition coefficient (Wildman–Crippen LogP) is 0.994. The van der Waals surface area contributed by atoms with E-state index in [1.807, 2.05) is 0 Å². The second-order valence-corrected chi connectivity index (χ2v) is 5.11. The van der Waals surface area contributed by atoms with E-state index in [0.717, 1.165) is 19.3 Å². The minimum absolute atomic E-state index is 0.164. The second kappa shape index (κ2) is 5.53. The minimum Gasteiger partial charge on any atom is -0.393 e. The first-order chi connectivity index (χ1) is 7.75. The Morgan fingerprint density at radius 1 is 1.19 bits per heavy atom. The van der Waals surface area contributed by atoms with Crippen LogP contribution in [0.2, 0.25) is 0 Å². The van der Waals surface area contributed by atoms with Gasteiger partial charge in [0.25, 0.3) is 0 Å². The van der Waals surface area contributed by atoms with Crippen molar-refractivity contribution in [2.75, 3.05) is 6.54 Å². The van der Waals surface area contributed by atoms with Crippen molar-refractivity contribution in [3.8, 4) is 0 Å². The standard InChI is InChI=1S/C12H23N3O/c13-12(15-10-5-1-2-6-10)14-8-9-4-3-7-11(9)16/h9-11,16H,1-8H2,(H3,13,14,15). The maximum absolute atomic E-state index is 9.66. The Hall–Kier alpha value is -0.770. The molecule has 16 heavy (non-hydrogen) atoms. The maximum Gasteiger partial charge on any atom is 0.188 e. The fourth-order valence-corrected chi connectivity index (χ4v) is 2.77. The Morgan fingerprint density at radius 3 is 2.56 bits per heavy atom. The quantitative estimate of drug-likeness (QED) is 0.495. The highest BCUT2D eigenvalue weighted by Crippen LogP contribution is 2.25. The molecule has 92 valence electrons. The van der Waals surface area contributed by atoms with E-state index < -0.39 is 0 Å². The molecule has 2 atom stereocenters. The van der Waals surface area contributed by atoms with E-state index in [4.69, 9.17) is 5.73 Å². The first-order valence-electron chi connectivity index (χ1n) is 6.50. The normalized spacial score (nSPS) is 32.2. The van der Waals surface area contributed by atoms with Crippen molar-refractivity contribution in [3.63, 3.8) is 0 Å².